The molecule has 0 bridgehead atoms. The monoisotopic (exact) mass is 246 g/mol. The van der Waals surface area contributed by atoms with E-state index in [-0.39, 0.29) is 11.9 Å². The highest BCUT2D eigenvalue weighted by Crippen LogP contribution is 2.26. The van der Waals surface area contributed by atoms with E-state index in [1.807, 2.05) is 38.1 Å². The zero-order chi connectivity index (χ0) is 13.0. The Labute approximate surface area is 109 Å². The van der Waals surface area contributed by atoms with Crippen molar-refractivity contribution in [1.82, 2.24) is 5.32 Å². The Kier molecular flexibility index (Phi) is 4.24. The first-order valence-electron chi connectivity index (χ1n) is 6.80. The van der Waals surface area contributed by atoms with Crippen molar-refractivity contribution in [2.45, 2.75) is 39.2 Å². The molecule has 2 N–H and O–H groups in total. The van der Waals surface area contributed by atoms with Crippen molar-refractivity contribution in [3.63, 3.8) is 0 Å². The number of benzene rings is 1. The number of rotatable bonds is 5. The summed E-state index contributed by atoms with van der Waals surface area (Å²) >= 11 is 0. The van der Waals surface area contributed by atoms with Crippen molar-refractivity contribution >= 4 is 11.6 Å². The SMILES string of the molecule is CC(C)NC(=O)c1cccc(NCC2CCC2)c1. The van der Waals surface area contributed by atoms with E-state index in [4.69, 9.17) is 0 Å². The molecule has 0 unspecified atom stereocenters. The third-order valence-corrected chi connectivity index (χ3v) is 3.36. The van der Waals surface area contributed by atoms with E-state index in [0.29, 0.717) is 0 Å². The molecular weight excluding hydrogens is 224 g/mol. The Hall–Kier alpha value is -1.51. The van der Waals surface area contributed by atoms with Gasteiger partial charge in [-0.15, -0.1) is 0 Å². The molecule has 0 spiro atoms. The molecule has 1 saturated carbocycles. The summed E-state index contributed by atoms with van der Waals surface area (Å²) < 4.78 is 0. The van der Waals surface area contributed by atoms with E-state index in [1.165, 1.54) is 19.3 Å². The van der Waals surface area contributed by atoms with Crippen LogP contribution in [0.15, 0.2) is 24.3 Å². The van der Waals surface area contributed by atoms with Gasteiger partial charge in [0.15, 0.2) is 0 Å². The van der Waals surface area contributed by atoms with Crippen LogP contribution in [0.4, 0.5) is 5.69 Å². The van der Waals surface area contributed by atoms with Crippen LogP contribution in [0, 0.1) is 5.92 Å². The van der Waals surface area contributed by atoms with Crippen molar-refractivity contribution in [3.05, 3.63) is 29.8 Å². The van der Waals surface area contributed by atoms with Crippen molar-refractivity contribution in [2.75, 3.05) is 11.9 Å². The van der Waals surface area contributed by atoms with Gasteiger partial charge in [-0.05, 0) is 50.8 Å². The van der Waals surface area contributed by atoms with Gasteiger partial charge in [-0.1, -0.05) is 12.5 Å². The van der Waals surface area contributed by atoms with Crippen LogP contribution >= 0.6 is 0 Å². The number of amides is 1. The average Bonchev–Trinajstić information content (AvgIpc) is 2.26. The Bertz CT molecular complexity index is 411. The molecule has 1 aliphatic rings. The normalized spacial score (nSPS) is 15.3. The maximum atomic E-state index is 11.9. The summed E-state index contributed by atoms with van der Waals surface area (Å²) in [5.74, 6) is 0.815. The summed E-state index contributed by atoms with van der Waals surface area (Å²) in [6.07, 6.45) is 4.03. The lowest BCUT2D eigenvalue weighted by Crippen LogP contribution is -2.30. The lowest BCUT2D eigenvalue weighted by atomic mass is 9.85. The molecule has 0 saturated heterocycles. The van der Waals surface area contributed by atoms with Crippen LogP contribution in [0.3, 0.4) is 0 Å². The van der Waals surface area contributed by atoms with E-state index in [2.05, 4.69) is 10.6 Å². The second kappa shape index (κ2) is 5.89. The van der Waals surface area contributed by atoms with Gasteiger partial charge in [0.05, 0.1) is 0 Å². The molecular formula is C15H22N2O. The maximum Gasteiger partial charge on any atom is 0.251 e. The molecule has 1 aromatic carbocycles. The molecule has 0 aromatic heterocycles. The van der Waals surface area contributed by atoms with E-state index in [9.17, 15) is 4.79 Å². The van der Waals surface area contributed by atoms with Crippen molar-refractivity contribution in [1.29, 1.82) is 0 Å². The largest absolute Gasteiger partial charge is 0.385 e. The van der Waals surface area contributed by atoms with Crippen LogP contribution in [-0.4, -0.2) is 18.5 Å². The molecule has 3 nitrogen and oxygen atoms in total. The molecule has 1 aliphatic carbocycles. The summed E-state index contributed by atoms with van der Waals surface area (Å²) in [5.41, 5.74) is 1.76. The number of anilines is 1. The van der Waals surface area contributed by atoms with Crippen LogP contribution in [-0.2, 0) is 0 Å². The smallest absolute Gasteiger partial charge is 0.251 e. The van der Waals surface area contributed by atoms with E-state index in [1.54, 1.807) is 0 Å². The zero-order valence-electron chi connectivity index (χ0n) is 11.2. The zero-order valence-corrected chi connectivity index (χ0v) is 11.2. The van der Waals surface area contributed by atoms with Gasteiger partial charge in [-0.25, -0.2) is 0 Å². The molecule has 0 heterocycles. The van der Waals surface area contributed by atoms with Gasteiger partial charge in [0.2, 0.25) is 0 Å². The molecule has 18 heavy (non-hydrogen) atoms. The van der Waals surface area contributed by atoms with Gasteiger partial charge in [0, 0.05) is 23.8 Å². The standard InChI is InChI=1S/C15H22N2O/c1-11(2)17-15(18)13-7-4-8-14(9-13)16-10-12-5-3-6-12/h4,7-9,11-12,16H,3,5-6,10H2,1-2H3,(H,17,18). The third-order valence-electron chi connectivity index (χ3n) is 3.36. The first-order chi connectivity index (χ1) is 8.65. The minimum atomic E-state index is -0.00251. The van der Waals surface area contributed by atoms with Crippen LogP contribution in [0.25, 0.3) is 0 Å². The number of hydrogen-bond donors (Lipinski definition) is 2. The molecule has 0 radical (unpaired) electrons. The predicted octanol–water partition coefficient (Wildman–Crippen LogP) is 3.04. The maximum absolute atomic E-state index is 11.9. The van der Waals surface area contributed by atoms with Crippen molar-refractivity contribution < 1.29 is 4.79 Å². The fourth-order valence-corrected chi connectivity index (χ4v) is 2.08. The Morgan fingerprint density at radius 3 is 2.78 bits per heavy atom. The number of nitrogens with one attached hydrogen (secondary N) is 2. The molecule has 2 rings (SSSR count). The summed E-state index contributed by atoms with van der Waals surface area (Å²) in [4.78, 5) is 11.9. The Balaban J connectivity index is 1.93. The Morgan fingerprint density at radius 1 is 1.39 bits per heavy atom. The minimum Gasteiger partial charge on any atom is -0.385 e. The molecule has 1 aromatic rings. The van der Waals surface area contributed by atoms with Gasteiger partial charge >= 0.3 is 0 Å². The summed E-state index contributed by atoms with van der Waals surface area (Å²) in [6.45, 7) is 4.96. The number of carbonyl (C=O) groups is 1. The topological polar surface area (TPSA) is 41.1 Å². The van der Waals surface area contributed by atoms with Gasteiger partial charge in [-0.2, -0.15) is 0 Å². The highest BCUT2D eigenvalue weighted by atomic mass is 16.1. The Morgan fingerprint density at radius 2 is 2.17 bits per heavy atom. The van der Waals surface area contributed by atoms with Crippen LogP contribution < -0.4 is 10.6 Å². The van der Waals surface area contributed by atoms with Gasteiger partial charge < -0.3 is 10.6 Å². The number of carbonyl (C=O) groups excluding carboxylic acids is 1. The molecule has 98 valence electrons. The fraction of sp³-hybridized carbons (Fsp3) is 0.533. The fourth-order valence-electron chi connectivity index (χ4n) is 2.08. The summed E-state index contributed by atoms with van der Waals surface area (Å²) in [5, 5.41) is 6.32. The first kappa shape index (κ1) is 12.9. The first-order valence-corrected chi connectivity index (χ1v) is 6.80. The molecule has 0 atom stereocenters. The lowest BCUT2D eigenvalue weighted by molar-refractivity contribution is 0.0943. The van der Waals surface area contributed by atoms with Gasteiger partial charge in [0.25, 0.3) is 5.91 Å². The van der Waals surface area contributed by atoms with Gasteiger partial charge in [0.1, 0.15) is 0 Å². The predicted molar refractivity (Wildman–Crippen MR) is 74.9 cm³/mol. The van der Waals surface area contributed by atoms with Crippen molar-refractivity contribution in [2.24, 2.45) is 5.92 Å². The second-order valence-corrected chi connectivity index (χ2v) is 5.39. The average molecular weight is 246 g/mol. The van der Waals surface area contributed by atoms with E-state index in [0.717, 1.165) is 23.7 Å². The summed E-state index contributed by atoms with van der Waals surface area (Å²) in [7, 11) is 0. The molecule has 1 amide bonds. The van der Waals surface area contributed by atoms with Crippen LogP contribution in [0.5, 0.6) is 0 Å². The summed E-state index contributed by atoms with van der Waals surface area (Å²) in [6, 6.07) is 7.90. The highest BCUT2D eigenvalue weighted by Gasteiger charge is 2.16. The molecule has 3 heteroatoms. The molecule has 0 aliphatic heterocycles. The molecule has 1 fully saturated rings. The van der Waals surface area contributed by atoms with E-state index >= 15 is 0 Å². The second-order valence-electron chi connectivity index (χ2n) is 5.39. The van der Waals surface area contributed by atoms with Gasteiger partial charge in [-0.3, -0.25) is 4.79 Å². The lowest BCUT2D eigenvalue weighted by Gasteiger charge is -2.25. The highest BCUT2D eigenvalue weighted by molar-refractivity contribution is 5.95. The number of hydrogen-bond acceptors (Lipinski definition) is 2. The third kappa shape index (κ3) is 3.49. The van der Waals surface area contributed by atoms with Crippen LogP contribution in [0.1, 0.15) is 43.5 Å². The van der Waals surface area contributed by atoms with Crippen LogP contribution in [0.2, 0.25) is 0 Å². The van der Waals surface area contributed by atoms with Crippen molar-refractivity contribution in [3.8, 4) is 0 Å². The minimum absolute atomic E-state index is 0.00251. The van der Waals surface area contributed by atoms with E-state index < -0.39 is 0 Å². The quantitative estimate of drug-likeness (QED) is 0.838.